The molecule has 0 N–H and O–H groups in total. The van der Waals surface area contributed by atoms with Gasteiger partial charge in [0.05, 0.1) is 5.56 Å². The molecular formula is C65H120F6. The predicted molar refractivity (Wildman–Crippen MR) is 318 cm³/mol. The number of alkyl halides is 6. The standard InChI is InChI=1S/C15H13F3.C14H11F3.4C5H12.8C2H6/c1-14(15(16,17)18,12-8-4-2-5-9-12)13-10-6-3-7-11-13;1-10-6-2-3-7-11(10)12-8-4-5-9-13(12)14(15,16)17;4*1-4-5(2)3;8*1-2/h2-11H,1H3;2-9H,1H3;4*5H,4H2,1-3H3;8*1-2H3. The van der Waals surface area contributed by atoms with Gasteiger partial charge < -0.3 is 0 Å². The lowest BCUT2D eigenvalue weighted by atomic mass is 9.75. The summed E-state index contributed by atoms with van der Waals surface area (Å²) in [6, 6.07) is 28.7. The minimum atomic E-state index is -4.34. The second-order valence-corrected chi connectivity index (χ2v) is 15.4. The van der Waals surface area contributed by atoms with Crippen LogP contribution in [-0.2, 0) is 11.6 Å². The van der Waals surface area contributed by atoms with Gasteiger partial charge in [0.15, 0.2) is 0 Å². The third-order valence-electron chi connectivity index (χ3n) is 9.20. The molecule has 0 saturated carbocycles. The number of hydrogen-bond donors (Lipinski definition) is 0. The van der Waals surface area contributed by atoms with Crippen molar-refractivity contribution >= 4 is 0 Å². The maximum Gasteiger partial charge on any atom is 0.417 e. The maximum absolute atomic E-state index is 13.5. The monoisotopic (exact) mass is 1010 g/mol. The van der Waals surface area contributed by atoms with Crippen LogP contribution in [0.1, 0.15) is 249 Å². The molecule has 4 aromatic rings. The molecule has 0 nitrogen and oxygen atoms in total. The number of rotatable bonds is 7. The summed E-state index contributed by atoms with van der Waals surface area (Å²) < 4.78 is 79.0. The van der Waals surface area contributed by atoms with Gasteiger partial charge in [-0.05, 0) is 71.4 Å². The fourth-order valence-electron chi connectivity index (χ4n) is 3.88. The van der Waals surface area contributed by atoms with Crippen LogP contribution in [0.25, 0.3) is 11.1 Å². The zero-order valence-corrected chi connectivity index (χ0v) is 52.3. The molecule has 4 aromatic carbocycles. The Balaban J connectivity index is -0.0000000801. The molecule has 6 heteroatoms. The lowest BCUT2D eigenvalue weighted by Crippen LogP contribution is -2.40. The molecule has 0 spiro atoms. The molecule has 0 atom stereocenters. The Bertz CT molecular complexity index is 1410. The van der Waals surface area contributed by atoms with Crippen molar-refractivity contribution in [2.24, 2.45) is 23.7 Å². The molecule has 0 aliphatic rings. The Kier molecular flexibility index (Phi) is 82.0. The molecule has 0 aliphatic heterocycles. The summed E-state index contributed by atoms with van der Waals surface area (Å²) in [5, 5.41) is 0. The summed E-state index contributed by atoms with van der Waals surface area (Å²) in [6.45, 7) is 61.6. The van der Waals surface area contributed by atoms with Gasteiger partial charge in [-0.3, -0.25) is 0 Å². The summed E-state index contributed by atoms with van der Waals surface area (Å²) >= 11 is 0. The molecule has 0 unspecified atom stereocenters. The van der Waals surface area contributed by atoms with E-state index in [-0.39, 0.29) is 16.7 Å². The highest BCUT2D eigenvalue weighted by Crippen LogP contribution is 2.45. The molecule has 0 radical (unpaired) electrons. The topological polar surface area (TPSA) is 0 Å². The van der Waals surface area contributed by atoms with Gasteiger partial charge in [-0.25, -0.2) is 0 Å². The summed E-state index contributed by atoms with van der Waals surface area (Å²) in [7, 11) is 0. The minimum absolute atomic E-state index is 0.234. The van der Waals surface area contributed by atoms with E-state index in [0.717, 1.165) is 35.3 Å². The van der Waals surface area contributed by atoms with E-state index in [2.05, 4.69) is 83.1 Å². The molecule has 0 amide bonds. The zero-order valence-electron chi connectivity index (χ0n) is 52.3. The van der Waals surface area contributed by atoms with Crippen LogP contribution in [0.3, 0.4) is 0 Å². The molecule has 0 bridgehead atoms. The fourth-order valence-corrected chi connectivity index (χ4v) is 3.88. The van der Waals surface area contributed by atoms with Crippen LogP contribution in [0.15, 0.2) is 109 Å². The van der Waals surface area contributed by atoms with Gasteiger partial charge in [0.2, 0.25) is 0 Å². The van der Waals surface area contributed by atoms with Crippen molar-refractivity contribution in [2.45, 2.75) is 251 Å². The van der Waals surface area contributed by atoms with Crippen molar-refractivity contribution in [3.8, 4) is 11.1 Å². The lowest BCUT2D eigenvalue weighted by molar-refractivity contribution is -0.173. The smallest absolute Gasteiger partial charge is 0.170 e. The van der Waals surface area contributed by atoms with Gasteiger partial charge in [-0.15, -0.1) is 0 Å². The Hall–Kier alpha value is -3.54. The number of halogens is 6. The van der Waals surface area contributed by atoms with Gasteiger partial charge in [-0.1, -0.05) is 323 Å². The van der Waals surface area contributed by atoms with E-state index in [1.165, 1.54) is 69.0 Å². The van der Waals surface area contributed by atoms with Crippen molar-refractivity contribution in [1.82, 2.24) is 0 Å². The van der Waals surface area contributed by atoms with Gasteiger partial charge in [0.25, 0.3) is 0 Å². The normalized spacial score (nSPS) is 9.30. The van der Waals surface area contributed by atoms with E-state index < -0.39 is 23.3 Å². The van der Waals surface area contributed by atoms with E-state index in [1.54, 1.807) is 54.6 Å². The quantitative estimate of drug-likeness (QED) is 0.162. The molecule has 0 saturated heterocycles. The van der Waals surface area contributed by atoms with Gasteiger partial charge in [0.1, 0.15) is 5.41 Å². The summed E-state index contributed by atoms with van der Waals surface area (Å²) in [5.41, 5.74) is -0.361. The number of hydrogen-bond acceptors (Lipinski definition) is 0. The number of benzene rings is 4. The fraction of sp³-hybridized carbons (Fsp3) is 0.631. The first-order chi connectivity index (χ1) is 33.5. The van der Waals surface area contributed by atoms with E-state index in [4.69, 9.17) is 0 Å². The van der Waals surface area contributed by atoms with Crippen LogP contribution in [-0.4, -0.2) is 6.18 Å². The predicted octanol–water partition coefficient (Wildman–Crippen LogP) is 25.7. The second-order valence-electron chi connectivity index (χ2n) is 15.4. The van der Waals surface area contributed by atoms with Crippen LogP contribution in [0.4, 0.5) is 26.3 Å². The molecule has 0 aromatic heterocycles. The lowest BCUT2D eigenvalue weighted by Gasteiger charge is -2.33. The van der Waals surface area contributed by atoms with Crippen molar-refractivity contribution in [2.75, 3.05) is 0 Å². The second kappa shape index (κ2) is 64.5. The van der Waals surface area contributed by atoms with Gasteiger partial charge >= 0.3 is 12.4 Å². The molecule has 4 rings (SSSR count). The Morgan fingerprint density at radius 1 is 0.338 bits per heavy atom. The van der Waals surface area contributed by atoms with Crippen LogP contribution >= 0.6 is 0 Å². The molecule has 422 valence electrons. The highest BCUT2D eigenvalue weighted by atomic mass is 19.4. The van der Waals surface area contributed by atoms with Gasteiger partial charge in [0, 0.05) is 0 Å². The summed E-state index contributed by atoms with van der Waals surface area (Å²) in [6.07, 6.45) is -3.44. The third kappa shape index (κ3) is 51.2. The summed E-state index contributed by atoms with van der Waals surface area (Å²) in [4.78, 5) is 0. The first-order valence-corrected chi connectivity index (χ1v) is 27.9. The minimum Gasteiger partial charge on any atom is -0.170 e. The summed E-state index contributed by atoms with van der Waals surface area (Å²) in [5.74, 6) is 3.54. The van der Waals surface area contributed by atoms with Crippen LogP contribution in [0.5, 0.6) is 0 Å². The molecule has 0 heterocycles. The van der Waals surface area contributed by atoms with Crippen molar-refractivity contribution in [3.05, 3.63) is 131 Å². The van der Waals surface area contributed by atoms with Gasteiger partial charge in [-0.2, -0.15) is 26.3 Å². The Morgan fingerprint density at radius 2 is 0.549 bits per heavy atom. The molecular weight excluding hydrogens is 895 g/mol. The van der Waals surface area contributed by atoms with Crippen LogP contribution in [0.2, 0.25) is 0 Å². The first kappa shape index (κ1) is 90.2. The highest BCUT2D eigenvalue weighted by Gasteiger charge is 2.53. The van der Waals surface area contributed by atoms with Crippen LogP contribution < -0.4 is 0 Å². The number of aryl methyl sites for hydroxylation is 1. The van der Waals surface area contributed by atoms with Crippen molar-refractivity contribution < 1.29 is 26.3 Å². The van der Waals surface area contributed by atoms with Crippen LogP contribution in [0, 0.1) is 30.6 Å². The largest absolute Gasteiger partial charge is 0.417 e. The Morgan fingerprint density at radius 3 is 0.761 bits per heavy atom. The molecule has 0 aliphatic carbocycles. The maximum atomic E-state index is 13.5. The molecule has 0 fully saturated rings. The molecule has 71 heavy (non-hydrogen) atoms. The van der Waals surface area contributed by atoms with Crippen molar-refractivity contribution in [3.63, 3.8) is 0 Å². The van der Waals surface area contributed by atoms with E-state index in [0.29, 0.717) is 5.56 Å². The van der Waals surface area contributed by atoms with E-state index in [9.17, 15) is 26.3 Å². The first-order valence-electron chi connectivity index (χ1n) is 27.9. The SMILES string of the molecule is CC.CC.CC.CC.CC.CC.CC.CC.CC(c1ccccc1)(c1ccccc1)C(F)(F)F.CCC(C)C.CCC(C)C.CCC(C)C.CCC(C)C.Cc1ccccc1-c1ccccc1C(F)(F)F. The third-order valence-corrected chi connectivity index (χ3v) is 9.20. The van der Waals surface area contributed by atoms with E-state index >= 15 is 0 Å². The highest BCUT2D eigenvalue weighted by molar-refractivity contribution is 5.71. The zero-order chi connectivity index (χ0) is 58.8. The Labute approximate surface area is 442 Å². The van der Waals surface area contributed by atoms with Crippen molar-refractivity contribution in [1.29, 1.82) is 0 Å². The average molecular weight is 1020 g/mol. The average Bonchev–Trinajstić information content (AvgIpc) is 3.41. The van der Waals surface area contributed by atoms with E-state index in [1.807, 2.05) is 130 Å².